The van der Waals surface area contributed by atoms with Crippen LogP contribution in [0.15, 0.2) is 24.3 Å². The SMILES string of the molecule is CCCCc1ccc(NC(=O)CNCCO)cc1. The number of carbonyl (C=O) groups is 1. The van der Waals surface area contributed by atoms with Crippen molar-refractivity contribution in [3.05, 3.63) is 29.8 Å². The van der Waals surface area contributed by atoms with Gasteiger partial charge in [-0.05, 0) is 30.5 Å². The molecule has 0 saturated carbocycles. The molecular weight excluding hydrogens is 228 g/mol. The molecule has 1 aromatic carbocycles. The number of nitrogens with one attached hydrogen (secondary N) is 2. The molecule has 1 rings (SSSR count). The van der Waals surface area contributed by atoms with Crippen LogP contribution >= 0.6 is 0 Å². The van der Waals surface area contributed by atoms with E-state index in [4.69, 9.17) is 5.11 Å². The van der Waals surface area contributed by atoms with Gasteiger partial charge in [-0.1, -0.05) is 25.5 Å². The molecule has 3 N–H and O–H groups in total. The second-order valence-electron chi connectivity index (χ2n) is 4.25. The molecular formula is C14H22N2O2. The van der Waals surface area contributed by atoms with Crippen LogP contribution in [0.5, 0.6) is 0 Å². The first kappa shape index (κ1) is 14.7. The second-order valence-corrected chi connectivity index (χ2v) is 4.25. The molecule has 0 aliphatic carbocycles. The number of aliphatic hydroxyl groups excluding tert-OH is 1. The van der Waals surface area contributed by atoms with E-state index in [1.807, 2.05) is 24.3 Å². The molecule has 0 saturated heterocycles. The number of carbonyl (C=O) groups excluding carboxylic acids is 1. The summed E-state index contributed by atoms with van der Waals surface area (Å²) in [6.07, 6.45) is 3.47. The lowest BCUT2D eigenvalue weighted by atomic mass is 10.1. The first-order valence-electron chi connectivity index (χ1n) is 6.46. The van der Waals surface area contributed by atoms with E-state index < -0.39 is 0 Å². The molecule has 0 heterocycles. The molecule has 4 heteroatoms. The highest BCUT2D eigenvalue weighted by molar-refractivity contribution is 5.92. The highest BCUT2D eigenvalue weighted by Crippen LogP contribution is 2.11. The molecule has 0 fully saturated rings. The summed E-state index contributed by atoms with van der Waals surface area (Å²) in [5.41, 5.74) is 2.11. The Hall–Kier alpha value is -1.39. The summed E-state index contributed by atoms with van der Waals surface area (Å²) in [4.78, 5) is 11.5. The number of hydrogen-bond donors (Lipinski definition) is 3. The van der Waals surface area contributed by atoms with Crippen molar-refractivity contribution in [2.24, 2.45) is 0 Å². The van der Waals surface area contributed by atoms with E-state index in [0.717, 1.165) is 12.1 Å². The zero-order valence-electron chi connectivity index (χ0n) is 10.9. The number of benzene rings is 1. The lowest BCUT2D eigenvalue weighted by Gasteiger charge is -2.07. The van der Waals surface area contributed by atoms with Crippen molar-refractivity contribution in [1.82, 2.24) is 5.32 Å². The molecule has 18 heavy (non-hydrogen) atoms. The highest BCUT2D eigenvalue weighted by atomic mass is 16.3. The number of anilines is 1. The Bertz CT molecular complexity index is 349. The predicted octanol–water partition coefficient (Wildman–Crippen LogP) is 1.55. The largest absolute Gasteiger partial charge is 0.395 e. The molecule has 0 aromatic heterocycles. The zero-order valence-corrected chi connectivity index (χ0v) is 10.9. The van der Waals surface area contributed by atoms with Crippen molar-refractivity contribution < 1.29 is 9.90 Å². The van der Waals surface area contributed by atoms with Gasteiger partial charge in [0, 0.05) is 12.2 Å². The maximum atomic E-state index is 11.5. The molecule has 0 radical (unpaired) electrons. The average Bonchev–Trinajstić information content (AvgIpc) is 2.38. The van der Waals surface area contributed by atoms with Crippen molar-refractivity contribution >= 4 is 11.6 Å². The van der Waals surface area contributed by atoms with Crippen molar-refractivity contribution in [2.45, 2.75) is 26.2 Å². The van der Waals surface area contributed by atoms with Crippen molar-refractivity contribution in [3.63, 3.8) is 0 Å². The van der Waals surface area contributed by atoms with Crippen LogP contribution in [0.2, 0.25) is 0 Å². The summed E-state index contributed by atoms with van der Waals surface area (Å²) < 4.78 is 0. The van der Waals surface area contributed by atoms with Crippen molar-refractivity contribution in [1.29, 1.82) is 0 Å². The second kappa shape index (κ2) is 8.66. The Kier molecular flexibility index (Phi) is 7.06. The fourth-order valence-corrected chi connectivity index (χ4v) is 1.62. The summed E-state index contributed by atoms with van der Waals surface area (Å²) >= 11 is 0. The van der Waals surface area contributed by atoms with Gasteiger partial charge in [-0.2, -0.15) is 0 Å². The Labute approximate surface area is 108 Å². The molecule has 0 bridgehead atoms. The Morgan fingerprint density at radius 2 is 2.00 bits per heavy atom. The van der Waals surface area contributed by atoms with Gasteiger partial charge in [0.05, 0.1) is 13.2 Å². The van der Waals surface area contributed by atoms with Crippen LogP contribution < -0.4 is 10.6 Å². The van der Waals surface area contributed by atoms with E-state index >= 15 is 0 Å². The third kappa shape index (κ3) is 5.80. The molecule has 0 atom stereocenters. The predicted molar refractivity (Wildman–Crippen MR) is 73.6 cm³/mol. The smallest absolute Gasteiger partial charge is 0.238 e. The molecule has 0 aliphatic rings. The van der Waals surface area contributed by atoms with Crippen LogP contribution in [0.1, 0.15) is 25.3 Å². The maximum Gasteiger partial charge on any atom is 0.238 e. The third-order valence-corrected chi connectivity index (χ3v) is 2.63. The molecule has 1 amide bonds. The minimum absolute atomic E-state index is 0.0411. The Balaban J connectivity index is 2.35. The van der Waals surface area contributed by atoms with E-state index in [1.165, 1.54) is 18.4 Å². The van der Waals surface area contributed by atoms with Gasteiger partial charge in [-0.25, -0.2) is 0 Å². The van der Waals surface area contributed by atoms with Crippen LogP contribution in [0.4, 0.5) is 5.69 Å². The summed E-state index contributed by atoms with van der Waals surface area (Å²) in [7, 11) is 0. The van der Waals surface area contributed by atoms with Gasteiger partial charge in [-0.15, -0.1) is 0 Å². The van der Waals surface area contributed by atoms with E-state index in [-0.39, 0.29) is 19.1 Å². The third-order valence-electron chi connectivity index (χ3n) is 2.63. The van der Waals surface area contributed by atoms with Gasteiger partial charge >= 0.3 is 0 Å². The fourth-order valence-electron chi connectivity index (χ4n) is 1.62. The molecule has 1 aromatic rings. The van der Waals surface area contributed by atoms with Gasteiger partial charge in [0.25, 0.3) is 0 Å². The number of rotatable bonds is 8. The summed E-state index contributed by atoms with van der Waals surface area (Å²) in [5.74, 6) is -0.0928. The number of unbranched alkanes of at least 4 members (excludes halogenated alkanes) is 1. The van der Waals surface area contributed by atoms with Crippen LogP contribution in [-0.2, 0) is 11.2 Å². The lowest BCUT2D eigenvalue weighted by Crippen LogP contribution is -2.29. The van der Waals surface area contributed by atoms with E-state index in [2.05, 4.69) is 17.6 Å². The minimum Gasteiger partial charge on any atom is -0.395 e. The van der Waals surface area contributed by atoms with Gasteiger partial charge in [0.1, 0.15) is 0 Å². The first-order chi connectivity index (χ1) is 8.76. The summed E-state index contributed by atoms with van der Waals surface area (Å²) in [5, 5.41) is 14.2. The van der Waals surface area contributed by atoms with Crippen LogP contribution in [0.3, 0.4) is 0 Å². The molecule has 0 spiro atoms. The van der Waals surface area contributed by atoms with E-state index in [0.29, 0.717) is 6.54 Å². The molecule has 4 nitrogen and oxygen atoms in total. The Morgan fingerprint density at radius 1 is 1.28 bits per heavy atom. The zero-order chi connectivity index (χ0) is 13.2. The average molecular weight is 250 g/mol. The normalized spacial score (nSPS) is 10.3. The monoisotopic (exact) mass is 250 g/mol. The molecule has 100 valence electrons. The van der Waals surface area contributed by atoms with Crippen molar-refractivity contribution in [3.8, 4) is 0 Å². The highest BCUT2D eigenvalue weighted by Gasteiger charge is 2.01. The fraction of sp³-hybridized carbons (Fsp3) is 0.500. The lowest BCUT2D eigenvalue weighted by molar-refractivity contribution is -0.115. The maximum absolute atomic E-state index is 11.5. The standard InChI is InChI=1S/C14H22N2O2/c1-2-3-4-12-5-7-13(8-6-12)16-14(18)11-15-9-10-17/h5-8,15,17H,2-4,9-11H2,1H3,(H,16,18). The van der Waals surface area contributed by atoms with E-state index in [1.54, 1.807) is 0 Å². The van der Waals surface area contributed by atoms with Gasteiger partial charge in [0.15, 0.2) is 0 Å². The van der Waals surface area contributed by atoms with Crippen LogP contribution in [0, 0.1) is 0 Å². The number of amides is 1. The topological polar surface area (TPSA) is 61.4 Å². The van der Waals surface area contributed by atoms with Crippen LogP contribution in [-0.4, -0.2) is 30.7 Å². The van der Waals surface area contributed by atoms with Crippen LogP contribution in [0.25, 0.3) is 0 Å². The van der Waals surface area contributed by atoms with Gasteiger partial charge in [-0.3, -0.25) is 4.79 Å². The molecule has 0 aliphatic heterocycles. The number of aliphatic hydroxyl groups is 1. The number of hydrogen-bond acceptors (Lipinski definition) is 3. The summed E-state index contributed by atoms with van der Waals surface area (Å²) in [6, 6.07) is 7.95. The van der Waals surface area contributed by atoms with Gasteiger partial charge in [0.2, 0.25) is 5.91 Å². The quantitative estimate of drug-likeness (QED) is 0.613. The summed E-state index contributed by atoms with van der Waals surface area (Å²) in [6.45, 7) is 2.87. The number of aryl methyl sites for hydroxylation is 1. The Morgan fingerprint density at radius 3 is 2.61 bits per heavy atom. The molecule has 0 unspecified atom stereocenters. The first-order valence-corrected chi connectivity index (χ1v) is 6.46. The minimum atomic E-state index is -0.0928. The van der Waals surface area contributed by atoms with Gasteiger partial charge < -0.3 is 15.7 Å². The van der Waals surface area contributed by atoms with E-state index in [9.17, 15) is 4.79 Å². The van der Waals surface area contributed by atoms with Crippen molar-refractivity contribution in [2.75, 3.05) is 25.0 Å².